The van der Waals surface area contributed by atoms with Gasteiger partial charge in [0.15, 0.2) is 0 Å². The number of rotatable bonds is 1. The molecule has 0 saturated carbocycles. The fourth-order valence-electron chi connectivity index (χ4n) is 0.309. The molecule has 0 saturated heterocycles. The molecule has 0 atom stereocenters. The zero-order valence-electron chi connectivity index (χ0n) is 3.48. The van der Waals surface area contributed by atoms with Crippen LogP contribution in [-0.2, 0) is 0 Å². The molecule has 0 bridgehead atoms. The van der Waals surface area contributed by atoms with Crippen molar-refractivity contribution in [3.63, 3.8) is 0 Å². The molecule has 0 fully saturated rings. The van der Waals surface area contributed by atoms with Crippen LogP contribution in [-0.4, -0.2) is 10.2 Å². The number of aromatic nitrogens is 2. The number of hydrogen-bond donors (Lipinski definition) is 2. The van der Waals surface area contributed by atoms with Gasteiger partial charge in [0.1, 0.15) is 5.82 Å². The van der Waals surface area contributed by atoms with Crippen LogP contribution in [0.5, 0.6) is 0 Å². The first-order valence-corrected chi connectivity index (χ1v) is 2.87. The van der Waals surface area contributed by atoms with Gasteiger partial charge in [-0.1, -0.05) is 0 Å². The highest BCUT2D eigenvalue weighted by Gasteiger charge is 1.81. The highest BCUT2D eigenvalue weighted by molar-refractivity contribution is 14.1. The Morgan fingerprint density at radius 1 is 1.86 bits per heavy atom. The Balaban J connectivity index is 2.76. The summed E-state index contributed by atoms with van der Waals surface area (Å²) in [5, 5.41) is 6.42. The van der Waals surface area contributed by atoms with Crippen molar-refractivity contribution in [1.29, 1.82) is 0 Å². The summed E-state index contributed by atoms with van der Waals surface area (Å²) in [4.78, 5) is 0. The van der Waals surface area contributed by atoms with Crippen LogP contribution in [0.15, 0.2) is 12.3 Å². The number of H-pyrrole nitrogens is 1. The Morgan fingerprint density at radius 2 is 2.71 bits per heavy atom. The first-order chi connectivity index (χ1) is 3.43. The van der Waals surface area contributed by atoms with Crippen molar-refractivity contribution in [2.45, 2.75) is 0 Å². The molecule has 3 nitrogen and oxygen atoms in total. The smallest absolute Gasteiger partial charge is 0.130 e. The van der Waals surface area contributed by atoms with Gasteiger partial charge in [0.25, 0.3) is 0 Å². The minimum atomic E-state index is 0.931. The Bertz CT molecular complexity index is 125. The second kappa shape index (κ2) is 2.15. The molecule has 0 radical (unpaired) electrons. The van der Waals surface area contributed by atoms with Crippen molar-refractivity contribution in [2.75, 3.05) is 3.53 Å². The molecular weight excluding hydrogens is 205 g/mol. The maximum atomic E-state index is 3.70. The molecule has 2 N–H and O–H groups in total. The topological polar surface area (TPSA) is 40.7 Å². The molecule has 7 heavy (non-hydrogen) atoms. The van der Waals surface area contributed by atoms with Crippen molar-refractivity contribution < 1.29 is 0 Å². The van der Waals surface area contributed by atoms with E-state index in [9.17, 15) is 0 Å². The minimum absolute atomic E-state index is 0.931. The van der Waals surface area contributed by atoms with E-state index in [0.717, 1.165) is 5.82 Å². The van der Waals surface area contributed by atoms with E-state index >= 15 is 0 Å². The van der Waals surface area contributed by atoms with Crippen LogP contribution in [0.2, 0.25) is 0 Å². The molecule has 4 heteroatoms. The lowest BCUT2D eigenvalue weighted by Gasteiger charge is -1.83. The third-order valence-corrected chi connectivity index (χ3v) is 1.18. The van der Waals surface area contributed by atoms with Crippen LogP contribution < -0.4 is 3.53 Å². The molecule has 0 spiro atoms. The second-order valence-corrected chi connectivity index (χ2v) is 1.60. The van der Waals surface area contributed by atoms with Gasteiger partial charge in [-0.15, -0.1) is 0 Å². The van der Waals surface area contributed by atoms with E-state index in [1.165, 1.54) is 0 Å². The second-order valence-electron chi connectivity index (χ2n) is 1.06. The first-order valence-electron chi connectivity index (χ1n) is 1.79. The van der Waals surface area contributed by atoms with Gasteiger partial charge in [-0.05, 0) is 0 Å². The van der Waals surface area contributed by atoms with Crippen molar-refractivity contribution in [2.24, 2.45) is 0 Å². The highest BCUT2D eigenvalue weighted by Crippen LogP contribution is 1.99. The molecule has 1 aromatic rings. The number of hydrogen-bond acceptors (Lipinski definition) is 2. The fraction of sp³-hybridized carbons (Fsp3) is 0. The fourth-order valence-corrected chi connectivity index (χ4v) is 0.609. The summed E-state index contributed by atoms with van der Waals surface area (Å²) >= 11 is 2.03. The van der Waals surface area contributed by atoms with E-state index < -0.39 is 0 Å². The molecule has 0 aromatic carbocycles. The summed E-state index contributed by atoms with van der Waals surface area (Å²) in [6.07, 6.45) is 1.70. The van der Waals surface area contributed by atoms with E-state index in [2.05, 4.69) is 13.7 Å². The average molecular weight is 209 g/mol. The average Bonchev–Trinajstić information content (AvgIpc) is 2.14. The quantitative estimate of drug-likeness (QED) is 0.538. The lowest BCUT2D eigenvalue weighted by atomic mass is 10.7. The number of nitrogens with zero attached hydrogens (tertiary/aromatic N) is 1. The number of aromatic amines is 1. The van der Waals surface area contributed by atoms with E-state index in [-0.39, 0.29) is 0 Å². The Labute approximate surface area is 55.0 Å². The normalized spacial score (nSPS) is 8.71. The summed E-state index contributed by atoms with van der Waals surface area (Å²) in [5.41, 5.74) is 0. The predicted octanol–water partition coefficient (Wildman–Crippen LogP) is 1.17. The Kier molecular flexibility index (Phi) is 1.50. The summed E-state index contributed by atoms with van der Waals surface area (Å²) in [6.45, 7) is 0. The van der Waals surface area contributed by atoms with Crippen LogP contribution >= 0.6 is 22.9 Å². The molecule has 1 heterocycles. The van der Waals surface area contributed by atoms with E-state index in [4.69, 9.17) is 0 Å². The van der Waals surface area contributed by atoms with Gasteiger partial charge in [-0.25, -0.2) is 0 Å². The summed E-state index contributed by atoms with van der Waals surface area (Å²) in [6, 6.07) is 1.85. The third kappa shape index (κ3) is 1.05. The van der Waals surface area contributed by atoms with Gasteiger partial charge < -0.3 is 3.53 Å². The molecule has 0 aliphatic heterocycles. The minimum Gasteiger partial charge on any atom is -0.313 e. The largest absolute Gasteiger partial charge is 0.313 e. The van der Waals surface area contributed by atoms with E-state index in [1.54, 1.807) is 6.20 Å². The van der Waals surface area contributed by atoms with Crippen LogP contribution in [0, 0.1) is 0 Å². The highest BCUT2D eigenvalue weighted by atomic mass is 127. The van der Waals surface area contributed by atoms with Gasteiger partial charge in [-0.3, -0.25) is 5.10 Å². The predicted molar refractivity (Wildman–Crippen MR) is 36.2 cm³/mol. The molecule has 1 rings (SSSR count). The Morgan fingerprint density at radius 3 is 3.00 bits per heavy atom. The van der Waals surface area contributed by atoms with Crippen molar-refractivity contribution in [1.82, 2.24) is 10.2 Å². The van der Waals surface area contributed by atoms with Crippen molar-refractivity contribution in [3.8, 4) is 0 Å². The molecule has 0 amide bonds. The third-order valence-electron chi connectivity index (χ3n) is 0.603. The van der Waals surface area contributed by atoms with Crippen molar-refractivity contribution >= 4 is 28.7 Å². The standard InChI is InChI=1S/C3H4IN3/c4-6-3-1-2-5-7-3/h1-2H,(H2,5,6,7). The molecule has 0 aliphatic carbocycles. The number of halogens is 1. The van der Waals surface area contributed by atoms with Gasteiger partial charge in [-0.2, -0.15) is 5.10 Å². The van der Waals surface area contributed by atoms with Crippen LogP contribution in [0.3, 0.4) is 0 Å². The maximum Gasteiger partial charge on any atom is 0.130 e. The zero-order chi connectivity index (χ0) is 5.11. The van der Waals surface area contributed by atoms with Gasteiger partial charge in [0.05, 0.1) is 29.1 Å². The van der Waals surface area contributed by atoms with Gasteiger partial charge in [0, 0.05) is 6.07 Å². The van der Waals surface area contributed by atoms with Gasteiger partial charge >= 0.3 is 0 Å². The van der Waals surface area contributed by atoms with E-state index in [1.807, 2.05) is 28.9 Å². The lowest BCUT2D eigenvalue weighted by Crippen LogP contribution is -1.75. The van der Waals surface area contributed by atoms with Crippen LogP contribution in [0.1, 0.15) is 0 Å². The summed E-state index contributed by atoms with van der Waals surface area (Å²) in [5.74, 6) is 0.931. The maximum absolute atomic E-state index is 3.70. The molecule has 38 valence electrons. The van der Waals surface area contributed by atoms with Crippen LogP contribution in [0.25, 0.3) is 0 Å². The summed E-state index contributed by atoms with van der Waals surface area (Å²) < 4.78 is 2.86. The molecule has 1 aromatic heterocycles. The molecule has 0 unspecified atom stereocenters. The van der Waals surface area contributed by atoms with Crippen molar-refractivity contribution in [3.05, 3.63) is 12.3 Å². The number of anilines is 1. The molecular formula is C3H4IN3. The summed E-state index contributed by atoms with van der Waals surface area (Å²) in [7, 11) is 0. The number of nitrogens with one attached hydrogen (secondary N) is 2. The Hall–Kier alpha value is -0.260. The monoisotopic (exact) mass is 209 g/mol. The SMILES string of the molecule is INc1ccn[nH]1. The molecule has 0 aliphatic rings. The first kappa shape index (κ1) is 4.89. The van der Waals surface area contributed by atoms with Crippen LogP contribution in [0.4, 0.5) is 5.82 Å². The van der Waals surface area contributed by atoms with E-state index in [0.29, 0.717) is 0 Å². The van der Waals surface area contributed by atoms with Gasteiger partial charge in [0.2, 0.25) is 0 Å². The zero-order valence-corrected chi connectivity index (χ0v) is 5.64. The lowest BCUT2D eigenvalue weighted by molar-refractivity contribution is 1.10.